The Balaban J connectivity index is 1.23. The summed E-state index contributed by atoms with van der Waals surface area (Å²) in [6, 6.07) is 20.4. The molecule has 4 aromatic rings. The molecule has 2 heterocycles. The molecule has 0 bridgehead atoms. The predicted molar refractivity (Wildman–Crippen MR) is 162 cm³/mol. The van der Waals surface area contributed by atoms with Gasteiger partial charge in [-0.2, -0.15) is 0 Å². The zero-order valence-corrected chi connectivity index (χ0v) is 23.3. The number of hydrogen-bond donors (Lipinski definition) is 3. The van der Waals surface area contributed by atoms with E-state index in [1.54, 1.807) is 36.4 Å². The number of anilines is 5. The van der Waals surface area contributed by atoms with Crippen LogP contribution in [-0.4, -0.2) is 67.0 Å². The van der Waals surface area contributed by atoms with Gasteiger partial charge in [-0.3, -0.25) is 9.59 Å². The summed E-state index contributed by atoms with van der Waals surface area (Å²) in [5, 5.41) is 8.85. The Morgan fingerprint density at radius 2 is 1.49 bits per heavy atom. The third kappa shape index (κ3) is 6.79. The molecule has 3 aromatic carbocycles. The van der Waals surface area contributed by atoms with Crippen LogP contribution in [-0.2, 0) is 0 Å². The van der Waals surface area contributed by atoms with Crippen LogP contribution in [0, 0.1) is 6.92 Å². The first-order chi connectivity index (χ1) is 19.9. The number of ether oxygens (including phenoxy) is 1. The minimum Gasteiger partial charge on any atom is -0.496 e. The first-order valence-electron chi connectivity index (χ1n) is 13.4. The monoisotopic (exact) mass is 551 g/mol. The summed E-state index contributed by atoms with van der Waals surface area (Å²) in [7, 11) is 3.65. The summed E-state index contributed by atoms with van der Waals surface area (Å²) < 4.78 is 5.30. The summed E-state index contributed by atoms with van der Waals surface area (Å²) in [4.78, 5) is 39.6. The van der Waals surface area contributed by atoms with Gasteiger partial charge in [0.25, 0.3) is 11.8 Å². The van der Waals surface area contributed by atoms with E-state index in [0.29, 0.717) is 34.2 Å². The minimum absolute atomic E-state index is 0.316. The van der Waals surface area contributed by atoms with Gasteiger partial charge in [-0.1, -0.05) is 23.8 Å². The van der Waals surface area contributed by atoms with E-state index in [4.69, 9.17) is 4.74 Å². The molecule has 10 heteroatoms. The number of nitrogens with one attached hydrogen (secondary N) is 3. The Labute approximate surface area is 239 Å². The molecular formula is C31H33N7O3. The number of aromatic nitrogens is 2. The number of methoxy groups -OCH3 is 1. The van der Waals surface area contributed by atoms with E-state index in [2.05, 4.69) is 54.9 Å². The molecule has 0 aliphatic carbocycles. The van der Waals surface area contributed by atoms with Gasteiger partial charge in [-0.15, -0.1) is 0 Å². The van der Waals surface area contributed by atoms with Crippen LogP contribution in [0.2, 0.25) is 0 Å². The van der Waals surface area contributed by atoms with E-state index in [9.17, 15) is 9.59 Å². The van der Waals surface area contributed by atoms with E-state index in [1.807, 2.05) is 25.1 Å². The van der Waals surface area contributed by atoms with E-state index in [0.717, 1.165) is 37.4 Å². The van der Waals surface area contributed by atoms with Crippen LogP contribution in [0.3, 0.4) is 0 Å². The maximum absolute atomic E-state index is 13.2. The lowest BCUT2D eigenvalue weighted by molar-refractivity contribution is 0.102. The highest BCUT2D eigenvalue weighted by Crippen LogP contribution is 2.24. The lowest BCUT2D eigenvalue weighted by atomic mass is 10.1. The second kappa shape index (κ2) is 12.5. The summed E-state index contributed by atoms with van der Waals surface area (Å²) >= 11 is 0. The smallest absolute Gasteiger partial charge is 0.259 e. The second-order valence-electron chi connectivity index (χ2n) is 9.92. The SMILES string of the molecule is COc1ccccc1C(=O)Nc1ccc(C)cc1C(=O)Nc1cnc(Nc2ccc(N3CCN(C)CC3)cc2)nc1. The number of rotatable bonds is 8. The van der Waals surface area contributed by atoms with Gasteiger partial charge in [0.15, 0.2) is 0 Å². The first kappa shape index (κ1) is 27.6. The number of carbonyl (C=O) groups is 2. The fourth-order valence-electron chi connectivity index (χ4n) is 4.58. The molecule has 0 unspecified atom stereocenters. The molecule has 210 valence electrons. The Hall–Kier alpha value is -4.96. The molecule has 0 spiro atoms. The Kier molecular flexibility index (Phi) is 8.40. The van der Waals surface area contributed by atoms with Crippen molar-refractivity contribution >= 4 is 40.5 Å². The molecule has 1 fully saturated rings. The molecule has 3 N–H and O–H groups in total. The molecular weight excluding hydrogens is 518 g/mol. The normalized spacial score (nSPS) is 13.4. The second-order valence-corrected chi connectivity index (χ2v) is 9.92. The van der Waals surface area contributed by atoms with Crippen LogP contribution >= 0.6 is 0 Å². The third-order valence-electron chi connectivity index (χ3n) is 6.92. The topological polar surface area (TPSA) is 112 Å². The molecule has 1 saturated heterocycles. The van der Waals surface area contributed by atoms with Crippen molar-refractivity contribution in [3.8, 4) is 5.75 Å². The van der Waals surface area contributed by atoms with E-state index in [-0.39, 0.29) is 5.91 Å². The Morgan fingerprint density at radius 3 is 2.20 bits per heavy atom. The Bertz CT molecular complexity index is 1520. The molecule has 41 heavy (non-hydrogen) atoms. The van der Waals surface area contributed by atoms with Gasteiger partial charge in [0.05, 0.1) is 42.0 Å². The summed E-state index contributed by atoms with van der Waals surface area (Å²) in [6.45, 7) is 6.01. The predicted octanol–water partition coefficient (Wildman–Crippen LogP) is 4.79. The van der Waals surface area contributed by atoms with Crippen molar-refractivity contribution in [3.05, 3.63) is 95.8 Å². The first-order valence-corrected chi connectivity index (χ1v) is 13.4. The molecule has 0 saturated carbocycles. The molecule has 5 rings (SSSR count). The fourth-order valence-corrected chi connectivity index (χ4v) is 4.58. The van der Waals surface area contributed by atoms with Crippen molar-refractivity contribution in [2.45, 2.75) is 6.92 Å². The number of piperazine rings is 1. The summed E-state index contributed by atoms with van der Waals surface area (Å²) in [6.07, 6.45) is 3.07. The molecule has 2 amide bonds. The molecule has 1 aromatic heterocycles. The van der Waals surface area contributed by atoms with Crippen molar-refractivity contribution in [1.29, 1.82) is 0 Å². The average molecular weight is 552 g/mol. The lowest BCUT2D eigenvalue weighted by Crippen LogP contribution is -2.44. The number of nitrogens with zero attached hydrogens (tertiary/aromatic N) is 4. The zero-order valence-electron chi connectivity index (χ0n) is 23.3. The van der Waals surface area contributed by atoms with Crippen LogP contribution < -0.4 is 25.6 Å². The minimum atomic E-state index is -0.396. The number of hydrogen-bond acceptors (Lipinski definition) is 8. The highest BCUT2D eigenvalue weighted by Gasteiger charge is 2.18. The molecule has 0 radical (unpaired) electrons. The van der Waals surface area contributed by atoms with Gasteiger partial charge in [0, 0.05) is 37.6 Å². The van der Waals surface area contributed by atoms with Crippen LogP contribution in [0.15, 0.2) is 79.1 Å². The van der Waals surface area contributed by atoms with Gasteiger partial charge >= 0.3 is 0 Å². The molecule has 0 atom stereocenters. The van der Waals surface area contributed by atoms with Gasteiger partial charge in [-0.05, 0) is 62.5 Å². The third-order valence-corrected chi connectivity index (χ3v) is 6.92. The highest BCUT2D eigenvalue weighted by atomic mass is 16.5. The lowest BCUT2D eigenvalue weighted by Gasteiger charge is -2.34. The van der Waals surface area contributed by atoms with Gasteiger partial charge in [0.1, 0.15) is 5.75 Å². The van der Waals surface area contributed by atoms with Crippen LogP contribution in [0.25, 0.3) is 0 Å². The fraction of sp³-hybridized carbons (Fsp3) is 0.226. The van der Waals surface area contributed by atoms with Crippen LogP contribution in [0.5, 0.6) is 5.75 Å². The maximum Gasteiger partial charge on any atom is 0.259 e. The maximum atomic E-state index is 13.2. The van der Waals surface area contributed by atoms with Crippen molar-refractivity contribution < 1.29 is 14.3 Å². The largest absolute Gasteiger partial charge is 0.496 e. The van der Waals surface area contributed by atoms with Crippen molar-refractivity contribution in [2.75, 3.05) is 61.2 Å². The van der Waals surface area contributed by atoms with E-state index < -0.39 is 5.91 Å². The molecule has 1 aliphatic rings. The van der Waals surface area contributed by atoms with Crippen molar-refractivity contribution in [1.82, 2.24) is 14.9 Å². The van der Waals surface area contributed by atoms with Gasteiger partial charge < -0.3 is 30.5 Å². The average Bonchev–Trinajstić information content (AvgIpc) is 2.99. The van der Waals surface area contributed by atoms with Gasteiger partial charge in [0.2, 0.25) is 5.95 Å². The molecule has 10 nitrogen and oxygen atoms in total. The van der Waals surface area contributed by atoms with E-state index in [1.165, 1.54) is 25.2 Å². The highest BCUT2D eigenvalue weighted by molar-refractivity contribution is 6.13. The summed E-state index contributed by atoms with van der Waals surface area (Å²) in [5.74, 6) is 0.0825. The number of benzene rings is 3. The van der Waals surface area contributed by atoms with Crippen molar-refractivity contribution in [2.24, 2.45) is 0 Å². The van der Waals surface area contributed by atoms with Crippen LogP contribution in [0.4, 0.5) is 28.7 Å². The van der Waals surface area contributed by atoms with E-state index >= 15 is 0 Å². The number of carbonyl (C=O) groups excluding carboxylic acids is 2. The standard InChI is InChI=1S/C31H33N7O3/c1-21-8-13-27(36-29(39)25-6-4-5-7-28(25)41-3)26(18-21)30(40)34-23-19-32-31(33-20-23)35-22-9-11-24(12-10-22)38-16-14-37(2)15-17-38/h4-13,18-20H,14-17H2,1-3H3,(H,34,40)(H,36,39)(H,32,33,35). The van der Waals surface area contributed by atoms with Gasteiger partial charge in [-0.25, -0.2) is 9.97 Å². The Morgan fingerprint density at radius 1 is 0.805 bits per heavy atom. The number of likely N-dealkylation sites (N-methyl/N-ethyl adjacent to an activating group) is 1. The number of amides is 2. The zero-order chi connectivity index (χ0) is 28.8. The quantitative estimate of drug-likeness (QED) is 0.287. The van der Waals surface area contributed by atoms with Crippen LogP contribution in [0.1, 0.15) is 26.3 Å². The molecule has 1 aliphatic heterocycles. The number of aryl methyl sites for hydroxylation is 1. The number of para-hydroxylation sites is 1. The summed E-state index contributed by atoms with van der Waals surface area (Å²) in [5.41, 5.74) is 4.42. The van der Waals surface area contributed by atoms with Crippen molar-refractivity contribution in [3.63, 3.8) is 0 Å².